The van der Waals surface area contributed by atoms with Crippen LogP contribution in [-0.2, 0) is 0 Å². The Labute approximate surface area is 118 Å². The van der Waals surface area contributed by atoms with Crippen LogP contribution in [0.2, 0.25) is 0 Å². The van der Waals surface area contributed by atoms with Gasteiger partial charge in [-0.15, -0.1) is 0 Å². The Kier molecular flexibility index (Phi) is 4.44. The van der Waals surface area contributed by atoms with Crippen molar-refractivity contribution in [3.8, 4) is 5.75 Å². The molecule has 1 aromatic carbocycles. The number of nitrogens with two attached hydrogens (primary N) is 1. The second-order valence-electron chi connectivity index (χ2n) is 5.42. The van der Waals surface area contributed by atoms with Gasteiger partial charge >= 0.3 is 5.69 Å². The number of nitrogens with zero attached hydrogens (tertiary/aromatic N) is 1. The van der Waals surface area contributed by atoms with E-state index in [-0.39, 0.29) is 23.9 Å². The lowest BCUT2D eigenvalue weighted by Crippen LogP contribution is -2.35. The molecular weight excluding hydrogens is 258 g/mol. The van der Waals surface area contributed by atoms with E-state index in [0.717, 1.165) is 19.3 Å². The molecule has 2 atom stereocenters. The lowest BCUT2D eigenvalue weighted by Gasteiger charge is -2.19. The van der Waals surface area contributed by atoms with Crippen LogP contribution in [0.4, 0.5) is 11.4 Å². The molecule has 0 amide bonds. The topological polar surface area (TPSA) is 90.4 Å². The summed E-state index contributed by atoms with van der Waals surface area (Å²) < 4.78 is 5.53. The van der Waals surface area contributed by atoms with Gasteiger partial charge < -0.3 is 15.8 Å². The average Bonchev–Trinajstić information content (AvgIpc) is 2.74. The largest absolute Gasteiger partial charge is 0.484 e. The molecule has 0 saturated heterocycles. The molecule has 6 heteroatoms. The van der Waals surface area contributed by atoms with Crippen molar-refractivity contribution >= 4 is 11.4 Å². The third kappa shape index (κ3) is 3.19. The van der Waals surface area contributed by atoms with Gasteiger partial charge in [0.15, 0.2) is 5.75 Å². The number of rotatable bonds is 5. The van der Waals surface area contributed by atoms with Crippen molar-refractivity contribution in [1.29, 1.82) is 0 Å². The van der Waals surface area contributed by atoms with E-state index < -0.39 is 4.92 Å². The molecule has 1 fully saturated rings. The molecule has 0 heterocycles. The minimum absolute atomic E-state index is 0.0136. The molecule has 6 nitrogen and oxygen atoms in total. The molecule has 0 aromatic heterocycles. The number of anilines is 1. The van der Waals surface area contributed by atoms with E-state index in [4.69, 9.17) is 10.5 Å². The molecule has 0 radical (unpaired) electrons. The monoisotopic (exact) mass is 279 g/mol. The first-order valence-electron chi connectivity index (χ1n) is 6.95. The Bertz CT molecular complexity index is 491. The highest BCUT2D eigenvalue weighted by molar-refractivity contribution is 5.69. The van der Waals surface area contributed by atoms with Gasteiger partial charge in [0.25, 0.3) is 0 Å². The Morgan fingerprint density at radius 1 is 1.45 bits per heavy atom. The van der Waals surface area contributed by atoms with E-state index in [9.17, 15) is 10.1 Å². The average molecular weight is 279 g/mol. The first kappa shape index (κ1) is 14.6. The second kappa shape index (κ2) is 6.09. The Balaban J connectivity index is 2.29. The van der Waals surface area contributed by atoms with Gasteiger partial charge in [-0.2, -0.15) is 0 Å². The molecule has 1 aliphatic carbocycles. The summed E-state index contributed by atoms with van der Waals surface area (Å²) in [6.45, 7) is 3.69. The minimum Gasteiger partial charge on any atom is -0.484 e. The number of hydrogen-bond donors (Lipinski definition) is 2. The molecule has 3 N–H and O–H groups in total. The molecule has 0 aliphatic heterocycles. The molecule has 1 saturated carbocycles. The summed E-state index contributed by atoms with van der Waals surface area (Å²) in [6, 6.07) is 5.22. The van der Waals surface area contributed by atoms with Crippen LogP contribution < -0.4 is 15.8 Å². The van der Waals surface area contributed by atoms with Gasteiger partial charge in [0.05, 0.1) is 11.0 Å². The maximum Gasteiger partial charge on any atom is 0.333 e. The highest BCUT2D eigenvalue weighted by Crippen LogP contribution is 2.36. The third-order valence-electron chi connectivity index (χ3n) is 3.45. The summed E-state index contributed by atoms with van der Waals surface area (Å²) in [6.07, 6.45) is 2.83. The predicted molar refractivity (Wildman–Crippen MR) is 78.1 cm³/mol. The number of para-hydroxylation sites is 1. The fourth-order valence-electron chi connectivity index (χ4n) is 2.54. The number of nitro benzene ring substituents is 1. The second-order valence-corrected chi connectivity index (χ2v) is 5.42. The lowest BCUT2D eigenvalue weighted by molar-refractivity contribution is -0.385. The van der Waals surface area contributed by atoms with Crippen molar-refractivity contribution in [3.05, 3.63) is 28.3 Å². The van der Waals surface area contributed by atoms with E-state index >= 15 is 0 Å². The zero-order valence-electron chi connectivity index (χ0n) is 11.8. The number of benzene rings is 1. The molecule has 0 spiro atoms. The maximum atomic E-state index is 11.3. The Morgan fingerprint density at radius 3 is 2.75 bits per heavy atom. The smallest absolute Gasteiger partial charge is 0.333 e. The number of nitro groups is 1. The van der Waals surface area contributed by atoms with Crippen LogP contribution in [-0.4, -0.2) is 23.1 Å². The molecule has 20 heavy (non-hydrogen) atoms. The van der Waals surface area contributed by atoms with Crippen LogP contribution >= 0.6 is 0 Å². The van der Waals surface area contributed by atoms with Crippen LogP contribution in [0.25, 0.3) is 0 Å². The van der Waals surface area contributed by atoms with Gasteiger partial charge in [0.1, 0.15) is 5.69 Å². The van der Waals surface area contributed by atoms with Crippen LogP contribution in [0.1, 0.15) is 33.1 Å². The molecule has 1 aliphatic rings. The van der Waals surface area contributed by atoms with Crippen LogP contribution in [0.5, 0.6) is 5.75 Å². The van der Waals surface area contributed by atoms with E-state index in [1.165, 1.54) is 0 Å². The summed E-state index contributed by atoms with van der Waals surface area (Å²) in [5, 5.41) is 14.5. The fourth-order valence-corrected chi connectivity index (χ4v) is 2.54. The van der Waals surface area contributed by atoms with E-state index in [0.29, 0.717) is 11.4 Å². The summed E-state index contributed by atoms with van der Waals surface area (Å²) in [4.78, 5) is 10.9. The lowest BCUT2D eigenvalue weighted by atomic mass is 10.1. The molecule has 1 aromatic rings. The molecule has 110 valence electrons. The molecular formula is C14H21N3O3. The number of hydrogen-bond acceptors (Lipinski definition) is 5. The fraction of sp³-hybridized carbons (Fsp3) is 0.571. The summed E-state index contributed by atoms with van der Waals surface area (Å²) in [5.41, 5.74) is 6.48. The van der Waals surface area contributed by atoms with Gasteiger partial charge in [-0.25, -0.2) is 0 Å². The SMILES string of the molecule is CC(C)Oc1cccc(NC2CCCC2N)c1[N+](=O)[O-]. The third-order valence-corrected chi connectivity index (χ3v) is 3.45. The quantitative estimate of drug-likeness (QED) is 0.638. The van der Waals surface area contributed by atoms with Gasteiger partial charge in [0, 0.05) is 12.1 Å². The number of ether oxygens (including phenoxy) is 1. The van der Waals surface area contributed by atoms with Crippen molar-refractivity contribution in [2.45, 2.75) is 51.3 Å². The first-order valence-corrected chi connectivity index (χ1v) is 6.95. The maximum absolute atomic E-state index is 11.3. The van der Waals surface area contributed by atoms with Crippen LogP contribution in [0.15, 0.2) is 18.2 Å². The van der Waals surface area contributed by atoms with E-state index in [2.05, 4.69) is 5.32 Å². The first-order chi connectivity index (χ1) is 9.49. The zero-order valence-corrected chi connectivity index (χ0v) is 11.8. The number of nitrogens with one attached hydrogen (secondary N) is 1. The summed E-state index contributed by atoms with van der Waals surface area (Å²) in [7, 11) is 0. The molecule has 0 bridgehead atoms. The van der Waals surface area contributed by atoms with Crippen molar-refractivity contribution in [1.82, 2.24) is 0 Å². The van der Waals surface area contributed by atoms with Gasteiger partial charge in [-0.05, 0) is 45.2 Å². The molecule has 2 unspecified atom stereocenters. The minimum atomic E-state index is -0.402. The Morgan fingerprint density at radius 2 is 2.20 bits per heavy atom. The van der Waals surface area contributed by atoms with Gasteiger partial charge in [0.2, 0.25) is 0 Å². The zero-order chi connectivity index (χ0) is 14.7. The highest BCUT2D eigenvalue weighted by Gasteiger charge is 2.28. The van der Waals surface area contributed by atoms with Crippen LogP contribution in [0.3, 0.4) is 0 Å². The van der Waals surface area contributed by atoms with Crippen molar-refractivity contribution < 1.29 is 9.66 Å². The predicted octanol–water partition coefficient (Wildman–Crippen LogP) is 2.67. The standard InChI is InChI=1S/C14H21N3O3/c1-9(2)20-13-8-4-7-12(14(13)17(18)19)16-11-6-3-5-10(11)15/h4,7-11,16H,3,5-6,15H2,1-2H3. The summed E-state index contributed by atoms with van der Waals surface area (Å²) >= 11 is 0. The van der Waals surface area contributed by atoms with Gasteiger partial charge in [-0.1, -0.05) is 6.07 Å². The summed E-state index contributed by atoms with van der Waals surface area (Å²) in [5.74, 6) is 0.293. The van der Waals surface area contributed by atoms with Crippen molar-refractivity contribution in [3.63, 3.8) is 0 Å². The van der Waals surface area contributed by atoms with Crippen molar-refractivity contribution in [2.75, 3.05) is 5.32 Å². The van der Waals surface area contributed by atoms with Crippen molar-refractivity contribution in [2.24, 2.45) is 5.73 Å². The van der Waals surface area contributed by atoms with Gasteiger partial charge in [-0.3, -0.25) is 10.1 Å². The van der Waals surface area contributed by atoms with E-state index in [1.54, 1.807) is 18.2 Å². The highest BCUT2D eigenvalue weighted by atomic mass is 16.6. The van der Waals surface area contributed by atoms with E-state index in [1.807, 2.05) is 13.8 Å². The Hall–Kier alpha value is -1.82. The molecule has 2 rings (SSSR count). The van der Waals surface area contributed by atoms with Crippen LogP contribution in [0, 0.1) is 10.1 Å². The normalized spacial score (nSPS) is 22.0.